The number of pyridine rings is 2. The number of ether oxygens (including phenoxy) is 2. The van der Waals surface area contributed by atoms with E-state index < -0.39 is 11.9 Å². The highest BCUT2D eigenvalue weighted by atomic mass is 35.5. The lowest BCUT2D eigenvalue weighted by Gasteiger charge is -2.27. The molecule has 18 heteroatoms. The molecule has 310 valence electrons. The number of carbonyl (C=O) groups is 2. The monoisotopic (exact) mass is 908 g/mol. The van der Waals surface area contributed by atoms with E-state index in [0.29, 0.717) is 124 Å². The number of amides is 2. The van der Waals surface area contributed by atoms with Gasteiger partial charge in [-0.15, -0.1) is 0 Å². The number of carbonyl (C=O) groups excluding carboxylic acids is 2. The van der Waals surface area contributed by atoms with Crippen LogP contribution < -0.4 is 0 Å². The Balaban J connectivity index is 0.000000180. The number of aromatic nitrogens is 4. The highest BCUT2D eigenvalue weighted by molar-refractivity contribution is 6.39. The normalized spacial score (nSPS) is 14.8. The van der Waals surface area contributed by atoms with Gasteiger partial charge in [0, 0.05) is 71.2 Å². The molecule has 2 saturated heterocycles. The van der Waals surface area contributed by atoms with Crippen LogP contribution >= 0.6 is 58.0 Å². The van der Waals surface area contributed by atoms with Crippen LogP contribution in [0.3, 0.4) is 0 Å². The van der Waals surface area contributed by atoms with Crippen LogP contribution in [0.2, 0.25) is 25.2 Å². The van der Waals surface area contributed by atoms with Gasteiger partial charge in [-0.05, 0) is 84.6 Å². The number of hydrogen-bond acceptors (Lipinski definition) is 6. The molecular formula is C41H36Cl5F3N6O4. The second kappa shape index (κ2) is 17.9. The van der Waals surface area contributed by atoms with E-state index in [9.17, 15) is 22.8 Å². The molecule has 4 aromatic heterocycles. The van der Waals surface area contributed by atoms with Crippen molar-refractivity contribution in [3.8, 4) is 0 Å². The minimum atomic E-state index is -4.54. The number of halogens is 8. The highest BCUT2D eigenvalue weighted by Gasteiger charge is 2.33. The summed E-state index contributed by atoms with van der Waals surface area (Å²) in [4.78, 5) is 43.4. The molecule has 2 N–H and O–H groups in total. The molecule has 2 aliphatic rings. The van der Waals surface area contributed by atoms with Crippen LogP contribution in [0.25, 0.3) is 22.1 Å². The molecule has 0 spiro atoms. The molecule has 0 unspecified atom stereocenters. The second-order valence-corrected chi connectivity index (χ2v) is 16.1. The van der Waals surface area contributed by atoms with Crippen molar-refractivity contribution in [3.05, 3.63) is 124 Å². The van der Waals surface area contributed by atoms with E-state index in [-0.39, 0.29) is 28.9 Å². The Kier molecular flexibility index (Phi) is 13.0. The number of rotatable bonds is 6. The predicted molar refractivity (Wildman–Crippen MR) is 224 cm³/mol. The number of alkyl halides is 3. The molecule has 10 nitrogen and oxygen atoms in total. The Morgan fingerprint density at radius 3 is 1.53 bits per heavy atom. The summed E-state index contributed by atoms with van der Waals surface area (Å²) >= 11 is 32.0. The quantitative estimate of drug-likeness (QED) is 0.161. The third kappa shape index (κ3) is 9.47. The van der Waals surface area contributed by atoms with Gasteiger partial charge in [0.2, 0.25) is 0 Å². The summed E-state index contributed by atoms with van der Waals surface area (Å²) in [5, 5.41) is 3.50. The molecule has 2 amide bonds. The number of fused-ring (bicyclic) bond motifs is 2. The Morgan fingerprint density at radius 2 is 1.08 bits per heavy atom. The molecule has 8 rings (SSSR count). The van der Waals surface area contributed by atoms with Crippen molar-refractivity contribution in [3.63, 3.8) is 0 Å². The Labute approximate surface area is 361 Å². The van der Waals surface area contributed by atoms with Gasteiger partial charge in [-0.3, -0.25) is 9.59 Å². The number of nitrogens with zero attached hydrogens (tertiary/aromatic N) is 4. The Bertz CT molecular complexity index is 2570. The van der Waals surface area contributed by atoms with E-state index in [1.807, 2.05) is 19.1 Å². The van der Waals surface area contributed by atoms with Crippen molar-refractivity contribution in [2.45, 2.75) is 32.9 Å². The zero-order valence-corrected chi connectivity index (χ0v) is 35.4. The fourth-order valence-electron chi connectivity index (χ4n) is 7.04. The molecule has 59 heavy (non-hydrogen) atoms. The number of aryl methyl sites for hydroxylation is 2. The lowest BCUT2D eigenvalue weighted by molar-refractivity contribution is -0.141. The molecule has 6 aromatic rings. The molecule has 0 atom stereocenters. The summed E-state index contributed by atoms with van der Waals surface area (Å²) in [7, 11) is 0. The number of aromatic amines is 2. The van der Waals surface area contributed by atoms with Gasteiger partial charge in [-0.25, -0.2) is 9.97 Å². The number of H-pyrrole nitrogens is 2. The van der Waals surface area contributed by atoms with Crippen molar-refractivity contribution in [2.24, 2.45) is 0 Å². The molecule has 2 aliphatic heterocycles. The minimum absolute atomic E-state index is 0.104. The number of morpholine rings is 2. The maximum Gasteiger partial charge on any atom is 0.433 e. The minimum Gasteiger partial charge on any atom is -0.378 e. The van der Waals surface area contributed by atoms with Gasteiger partial charge >= 0.3 is 6.18 Å². The van der Waals surface area contributed by atoms with E-state index in [2.05, 4.69) is 19.9 Å². The zero-order chi connectivity index (χ0) is 42.2. The average molecular weight is 911 g/mol. The molecule has 2 aromatic carbocycles. The SMILES string of the molecule is Cc1cc(C(F)(F)F)nc2[nH]c(Cc3c(Cl)ccc(C(=O)N4CCOCC4)c3Cl)cc12.Cc1cc(Cl)nc2[nH]c(Cc3c(Cl)ccc(C(=O)N4CCOCC4)c3Cl)cc12. The van der Waals surface area contributed by atoms with Gasteiger partial charge in [0.05, 0.1) is 47.6 Å². The maximum atomic E-state index is 13.1. The van der Waals surface area contributed by atoms with E-state index >= 15 is 0 Å². The number of benzene rings is 2. The first kappa shape index (κ1) is 43.0. The highest BCUT2D eigenvalue weighted by Crippen LogP contribution is 2.35. The van der Waals surface area contributed by atoms with Crippen LogP contribution in [-0.2, 0) is 28.5 Å². The summed E-state index contributed by atoms with van der Waals surface area (Å²) in [6.45, 7) is 7.64. The van der Waals surface area contributed by atoms with E-state index in [4.69, 9.17) is 67.5 Å². The maximum absolute atomic E-state index is 13.1. The third-order valence-electron chi connectivity index (χ3n) is 10.1. The topological polar surface area (TPSA) is 116 Å². The smallest absolute Gasteiger partial charge is 0.378 e. The summed E-state index contributed by atoms with van der Waals surface area (Å²) in [6.07, 6.45) is -3.88. The Hall–Kier alpha value is -4.08. The average Bonchev–Trinajstić information content (AvgIpc) is 3.82. The summed E-state index contributed by atoms with van der Waals surface area (Å²) in [5.74, 6) is -0.317. The van der Waals surface area contributed by atoms with Gasteiger partial charge in [0.15, 0.2) is 0 Å². The van der Waals surface area contributed by atoms with Gasteiger partial charge in [0.25, 0.3) is 11.8 Å². The number of hydrogen-bond donors (Lipinski definition) is 2. The summed E-state index contributed by atoms with van der Waals surface area (Å²) in [5.41, 5.74) is 4.86. The van der Waals surface area contributed by atoms with Crippen molar-refractivity contribution < 1.29 is 32.2 Å². The van der Waals surface area contributed by atoms with Crippen molar-refractivity contribution in [2.75, 3.05) is 52.6 Å². The van der Waals surface area contributed by atoms with Crippen LogP contribution in [0, 0.1) is 13.8 Å². The molecule has 0 aliphatic carbocycles. The summed E-state index contributed by atoms with van der Waals surface area (Å²) in [6, 6.07) is 13.2. The van der Waals surface area contributed by atoms with Crippen LogP contribution in [0.15, 0.2) is 48.5 Å². The van der Waals surface area contributed by atoms with Crippen LogP contribution in [-0.4, -0.2) is 94.2 Å². The van der Waals surface area contributed by atoms with E-state index in [0.717, 1.165) is 22.7 Å². The molecule has 0 bridgehead atoms. The molecule has 6 heterocycles. The van der Waals surface area contributed by atoms with Crippen LogP contribution in [0.1, 0.15) is 60.1 Å². The molecule has 0 radical (unpaired) electrons. The first-order valence-corrected chi connectivity index (χ1v) is 20.4. The molecular weight excluding hydrogens is 875 g/mol. The molecule has 0 saturated carbocycles. The second-order valence-electron chi connectivity index (χ2n) is 14.1. The lowest BCUT2D eigenvalue weighted by atomic mass is 10.0. The first-order chi connectivity index (χ1) is 28.1. The fraction of sp³-hybridized carbons (Fsp3) is 0.317. The van der Waals surface area contributed by atoms with Gasteiger partial charge in [0.1, 0.15) is 22.1 Å². The number of nitrogens with one attached hydrogen (secondary N) is 2. The van der Waals surface area contributed by atoms with Crippen LogP contribution in [0.4, 0.5) is 13.2 Å². The van der Waals surface area contributed by atoms with Crippen molar-refractivity contribution in [1.82, 2.24) is 29.7 Å². The largest absolute Gasteiger partial charge is 0.433 e. The first-order valence-electron chi connectivity index (χ1n) is 18.5. The Morgan fingerprint density at radius 1 is 0.661 bits per heavy atom. The molecule has 2 fully saturated rings. The van der Waals surface area contributed by atoms with Crippen molar-refractivity contribution >= 4 is 91.9 Å². The van der Waals surface area contributed by atoms with E-state index in [1.54, 1.807) is 47.1 Å². The van der Waals surface area contributed by atoms with Crippen molar-refractivity contribution in [1.29, 1.82) is 0 Å². The predicted octanol–water partition coefficient (Wildman–Crippen LogP) is 10.2. The fourth-order valence-corrected chi connectivity index (χ4v) is 8.46. The zero-order valence-electron chi connectivity index (χ0n) is 31.6. The van der Waals surface area contributed by atoms with Gasteiger partial charge in [-0.1, -0.05) is 58.0 Å². The van der Waals surface area contributed by atoms with Crippen LogP contribution in [0.5, 0.6) is 0 Å². The summed E-state index contributed by atoms with van der Waals surface area (Å²) < 4.78 is 49.8. The third-order valence-corrected chi connectivity index (χ3v) is 11.9. The van der Waals surface area contributed by atoms with Gasteiger partial charge < -0.3 is 29.2 Å². The lowest BCUT2D eigenvalue weighted by Crippen LogP contribution is -2.40. The van der Waals surface area contributed by atoms with E-state index in [1.165, 1.54) is 0 Å². The van der Waals surface area contributed by atoms with Gasteiger partial charge in [-0.2, -0.15) is 13.2 Å². The standard InChI is InChI=1S/C21H18Cl2F3N3O2.C20H18Cl3N3O2/c1-11-8-17(21(24,25)26)28-19-14(11)9-12(27-19)10-15-16(22)3-2-13(18(15)23)20(30)29-4-6-31-7-5-29;1-11-8-17(22)25-19-14(11)9-12(24-19)10-15-16(21)3-2-13(18(15)23)20(27)26-4-6-28-7-5-26/h2-3,8-9H,4-7,10H2,1H3,(H,27,28);2-3,8-9H,4-7,10H2,1H3,(H,24,25).